The molecule has 0 aliphatic carbocycles. The summed E-state index contributed by atoms with van der Waals surface area (Å²) in [6.45, 7) is 6.45. The fourth-order valence-corrected chi connectivity index (χ4v) is 7.91. The van der Waals surface area contributed by atoms with Crippen molar-refractivity contribution in [2.24, 2.45) is 4.99 Å². The van der Waals surface area contributed by atoms with E-state index in [1.807, 2.05) is 61.5 Å². The molecule has 5 rings (SSSR count). The third kappa shape index (κ3) is 6.77. The number of aromatic nitrogens is 1. The summed E-state index contributed by atoms with van der Waals surface area (Å²) in [5.41, 5.74) is 3.55. The lowest BCUT2D eigenvalue weighted by atomic mass is 9.96. The van der Waals surface area contributed by atoms with Crippen molar-refractivity contribution in [2.45, 2.75) is 33.4 Å². The van der Waals surface area contributed by atoms with Crippen molar-refractivity contribution in [1.82, 2.24) is 4.57 Å². The fraction of sp³-hybridized carbons (Fsp3) is 0.212. The van der Waals surface area contributed by atoms with Crippen LogP contribution in [0.25, 0.3) is 6.08 Å². The van der Waals surface area contributed by atoms with Gasteiger partial charge in [0.15, 0.2) is 4.80 Å². The monoisotopic (exact) mass is 831 g/mol. The lowest BCUT2D eigenvalue weighted by Gasteiger charge is -2.24. The van der Waals surface area contributed by atoms with Crippen LogP contribution in [0.1, 0.15) is 49.1 Å². The number of hydrogen-bond acceptors (Lipinski definition) is 8. The first-order valence-electron chi connectivity index (χ1n) is 13.8. The largest absolute Gasteiger partial charge is 0.494 e. The van der Waals surface area contributed by atoms with E-state index in [4.69, 9.17) is 19.5 Å². The van der Waals surface area contributed by atoms with Gasteiger partial charge in [-0.05, 0) is 120 Å². The first-order chi connectivity index (χ1) is 21.2. The Morgan fingerprint density at radius 1 is 1.07 bits per heavy atom. The van der Waals surface area contributed by atoms with Crippen LogP contribution >= 0.6 is 56.5 Å². The number of halogens is 2. The van der Waals surface area contributed by atoms with Gasteiger partial charge in [-0.3, -0.25) is 9.36 Å². The highest BCUT2D eigenvalue weighted by Crippen LogP contribution is 2.32. The number of ether oxygens (including phenoxy) is 3. The lowest BCUT2D eigenvalue weighted by Crippen LogP contribution is -2.39. The van der Waals surface area contributed by atoms with Crippen LogP contribution in [0.15, 0.2) is 81.7 Å². The summed E-state index contributed by atoms with van der Waals surface area (Å²) in [5, 5.41) is 9.10. The van der Waals surface area contributed by atoms with Gasteiger partial charge < -0.3 is 14.2 Å². The van der Waals surface area contributed by atoms with Crippen LogP contribution < -0.4 is 24.4 Å². The Hall–Kier alpha value is -3.48. The van der Waals surface area contributed by atoms with Gasteiger partial charge in [0.05, 0.1) is 50.3 Å². The predicted molar refractivity (Wildman–Crippen MR) is 185 cm³/mol. The molecule has 0 radical (unpaired) electrons. The molecule has 1 aliphatic rings. The second kappa shape index (κ2) is 14.1. The van der Waals surface area contributed by atoms with E-state index in [0.717, 1.165) is 23.8 Å². The van der Waals surface area contributed by atoms with E-state index in [2.05, 4.69) is 56.2 Å². The van der Waals surface area contributed by atoms with Gasteiger partial charge in [0.25, 0.3) is 5.56 Å². The van der Waals surface area contributed by atoms with Crippen LogP contribution in [0.2, 0.25) is 0 Å². The highest BCUT2D eigenvalue weighted by Gasteiger charge is 2.33. The molecule has 0 amide bonds. The van der Waals surface area contributed by atoms with E-state index in [9.17, 15) is 9.59 Å². The number of esters is 1. The van der Waals surface area contributed by atoms with Crippen LogP contribution in [-0.4, -0.2) is 23.8 Å². The van der Waals surface area contributed by atoms with E-state index >= 15 is 0 Å². The maximum atomic E-state index is 14.1. The van der Waals surface area contributed by atoms with Gasteiger partial charge in [0.2, 0.25) is 0 Å². The summed E-state index contributed by atoms with van der Waals surface area (Å²) in [6.07, 6.45) is 1.82. The van der Waals surface area contributed by atoms with E-state index in [-0.39, 0.29) is 12.2 Å². The van der Waals surface area contributed by atoms with Crippen LogP contribution in [0.5, 0.6) is 11.5 Å². The molecule has 1 atom stereocenters. The van der Waals surface area contributed by atoms with Crippen molar-refractivity contribution < 1.29 is 19.0 Å². The third-order valence-electron chi connectivity index (χ3n) is 6.81. The van der Waals surface area contributed by atoms with Crippen molar-refractivity contribution in [3.63, 3.8) is 0 Å². The second-order valence-electron chi connectivity index (χ2n) is 9.71. The van der Waals surface area contributed by atoms with E-state index in [0.29, 0.717) is 50.9 Å². The molecular weight excluding hydrogens is 804 g/mol. The highest BCUT2D eigenvalue weighted by molar-refractivity contribution is 14.1. The van der Waals surface area contributed by atoms with Crippen molar-refractivity contribution in [2.75, 3.05) is 13.2 Å². The molecule has 0 bridgehead atoms. The highest BCUT2D eigenvalue weighted by atomic mass is 127. The second-order valence-corrected chi connectivity index (χ2v) is 13.1. The summed E-state index contributed by atoms with van der Waals surface area (Å²) in [4.78, 5) is 32.5. The van der Waals surface area contributed by atoms with Crippen LogP contribution in [0, 0.1) is 18.5 Å². The Kier molecular flexibility index (Phi) is 10.2. The van der Waals surface area contributed by atoms with E-state index < -0.39 is 12.0 Å². The molecule has 8 nitrogen and oxygen atoms in total. The number of carbonyl (C=O) groups excluding carboxylic acids is 1. The summed E-state index contributed by atoms with van der Waals surface area (Å²) < 4.78 is 21.2. The molecule has 1 aliphatic heterocycles. The number of allylic oxidation sites excluding steroid dienone is 1. The Labute approximate surface area is 285 Å². The van der Waals surface area contributed by atoms with Crippen molar-refractivity contribution in [3.05, 3.63) is 121 Å². The number of thiazole rings is 1. The molecule has 3 aromatic carbocycles. The minimum atomic E-state index is -0.716. The maximum absolute atomic E-state index is 14.1. The average Bonchev–Trinajstić information content (AvgIpc) is 3.30. The number of hydrogen-bond donors (Lipinski definition) is 0. The van der Waals surface area contributed by atoms with Gasteiger partial charge in [0, 0.05) is 9.13 Å². The predicted octanol–water partition coefficient (Wildman–Crippen LogP) is 5.86. The molecule has 0 saturated heterocycles. The Morgan fingerprint density at radius 3 is 2.45 bits per heavy atom. The summed E-state index contributed by atoms with van der Waals surface area (Å²) in [6, 6.07) is 20.0. The number of nitriles is 1. The molecule has 0 N–H and O–H groups in total. The van der Waals surface area contributed by atoms with Crippen LogP contribution in [-0.2, 0) is 16.1 Å². The minimum Gasteiger partial charge on any atom is -0.494 e. The molecular formula is C33H27I2N3O5S. The first kappa shape index (κ1) is 31.9. The maximum Gasteiger partial charge on any atom is 0.338 e. The standard InChI is InChI=1S/C33H27I2N3O5S/c1-4-41-25-12-10-22(11-13-25)29-28(32(40)42-5-2)19(3)37-33-38(29)31(39)27(44-33)15-23-14-24(34)16-26(35)30(23)43-18-21-8-6-20(17-36)7-9-21/h6-16,29H,4-5,18H2,1-3H3/b27-15-/t29-/m0/s1. The Bertz CT molecular complexity index is 1970. The third-order valence-corrected chi connectivity index (χ3v) is 9.22. The molecule has 1 aromatic heterocycles. The molecule has 44 heavy (non-hydrogen) atoms. The van der Waals surface area contributed by atoms with Crippen LogP contribution in [0.4, 0.5) is 0 Å². The number of fused-ring (bicyclic) bond motifs is 1. The van der Waals surface area contributed by atoms with Crippen LogP contribution in [0.3, 0.4) is 0 Å². The van der Waals surface area contributed by atoms with Gasteiger partial charge in [0.1, 0.15) is 18.1 Å². The van der Waals surface area contributed by atoms with Gasteiger partial charge in [-0.2, -0.15) is 5.26 Å². The molecule has 0 fully saturated rings. The molecule has 2 heterocycles. The Morgan fingerprint density at radius 2 is 1.80 bits per heavy atom. The zero-order chi connectivity index (χ0) is 31.4. The minimum absolute atomic E-state index is 0.201. The number of carbonyl (C=O) groups is 1. The smallest absolute Gasteiger partial charge is 0.338 e. The summed E-state index contributed by atoms with van der Waals surface area (Å²) >= 11 is 5.74. The number of benzene rings is 3. The normalized spacial score (nSPS) is 14.5. The first-order valence-corrected chi connectivity index (χ1v) is 16.7. The quantitative estimate of drug-likeness (QED) is 0.155. The topological polar surface area (TPSA) is 103 Å². The van der Waals surface area contributed by atoms with Gasteiger partial charge in [-0.15, -0.1) is 0 Å². The summed E-state index contributed by atoms with van der Waals surface area (Å²) in [7, 11) is 0. The van der Waals surface area contributed by atoms with Crippen molar-refractivity contribution in [1.29, 1.82) is 5.26 Å². The van der Waals surface area contributed by atoms with Crippen molar-refractivity contribution in [3.8, 4) is 17.6 Å². The lowest BCUT2D eigenvalue weighted by molar-refractivity contribution is -0.139. The fourth-order valence-electron chi connectivity index (χ4n) is 4.83. The van der Waals surface area contributed by atoms with Gasteiger partial charge >= 0.3 is 5.97 Å². The summed E-state index contributed by atoms with van der Waals surface area (Å²) in [5.74, 6) is 0.837. The van der Waals surface area contributed by atoms with Gasteiger partial charge in [-0.1, -0.05) is 35.6 Å². The van der Waals surface area contributed by atoms with Crippen molar-refractivity contribution >= 4 is 68.6 Å². The SMILES string of the molecule is CCOC(=O)C1=C(C)N=c2s/c(=C\c3cc(I)cc(I)c3OCc3ccc(C#N)cc3)c(=O)n2[C@H]1c1ccc(OCC)cc1. The number of rotatable bonds is 9. The molecule has 0 spiro atoms. The number of nitrogens with zero attached hydrogens (tertiary/aromatic N) is 3. The molecule has 4 aromatic rings. The Balaban J connectivity index is 1.61. The van der Waals surface area contributed by atoms with E-state index in [1.54, 1.807) is 30.5 Å². The zero-order valence-corrected chi connectivity index (χ0v) is 29.2. The molecule has 0 saturated carbocycles. The average molecular weight is 831 g/mol. The van der Waals surface area contributed by atoms with E-state index in [1.165, 1.54) is 11.3 Å². The molecule has 11 heteroatoms. The van der Waals surface area contributed by atoms with Gasteiger partial charge in [-0.25, -0.2) is 9.79 Å². The zero-order valence-electron chi connectivity index (χ0n) is 24.1. The molecule has 224 valence electrons. The molecule has 0 unspecified atom stereocenters.